The summed E-state index contributed by atoms with van der Waals surface area (Å²) in [6.07, 6.45) is 2.20. The van der Waals surface area contributed by atoms with Crippen molar-refractivity contribution in [3.63, 3.8) is 0 Å². The molecule has 6 aromatic rings. The van der Waals surface area contributed by atoms with Gasteiger partial charge in [-0.1, -0.05) is 70.5 Å². The third-order valence-corrected chi connectivity index (χ3v) is 8.41. The molecular weight excluding hydrogens is 934 g/mol. The Kier molecular flexibility index (Phi) is 18.6. The number of rotatable bonds is 12. The van der Waals surface area contributed by atoms with Crippen LogP contribution in [0.4, 0.5) is 56.9 Å². The van der Waals surface area contributed by atoms with Gasteiger partial charge in [0.15, 0.2) is 0 Å². The van der Waals surface area contributed by atoms with Gasteiger partial charge >= 0.3 is 46.9 Å². The molecule has 0 bridgehead atoms. The van der Waals surface area contributed by atoms with E-state index in [2.05, 4.69) is 30.4 Å². The molecule has 315 valence electrons. The number of nitrogens with zero attached hydrogens (tertiary/aromatic N) is 10. The minimum atomic E-state index is -0.665. The summed E-state index contributed by atoms with van der Waals surface area (Å²) in [5.41, 5.74) is -0.413. The van der Waals surface area contributed by atoms with Crippen LogP contribution in [-0.2, 0) is 17.4 Å². The molecule has 0 aromatic heterocycles. The van der Waals surface area contributed by atoms with Gasteiger partial charge in [-0.15, -0.1) is 10.2 Å². The predicted molar refractivity (Wildman–Crippen MR) is 216 cm³/mol. The van der Waals surface area contributed by atoms with Crippen molar-refractivity contribution in [1.29, 1.82) is 0 Å². The number of nitro groups is 4. The van der Waals surface area contributed by atoms with Gasteiger partial charge in [-0.05, 0) is 47.5 Å². The van der Waals surface area contributed by atoms with E-state index in [1.165, 1.54) is 60.7 Å². The summed E-state index contributed by atoms with van der Waals surface area (Å²) in [7, 11) is 0. The number of azo groups is 2. The van der Waals surface area contributed by atoms with Crippen molar-refractivity contribution in [2.75, 3.05) is 0 Å². The van der Waals surface area contributed by atoms with E-state index < -0.39 is 42.7 Å². The summed E-state index contributed by atoms with van der Waals surface area (Å²) in [5, 5.41) is 107. The van der Waals surface area contributed by atoms with Crippen molar-refractivity contribution in [2.45, 2.75) is 0 Å². The zero-order valence-corrected chi connectivity index (χ0v) is 36.9. The van der Waals surface area contributed by atoms with Crippen LogP contribution >= 0.6 is 23.2 Å². The van der Waals surface area contributed by atoms with Gasteiger partial charge in [-0.3, -0.25) is 50.4 Å². The van der Waals surface area contributed by atoms with E-state index in [-0.39, 0.29) is 125 Å². The van der Waals surface area contributed by atoms with E-state index in [1.807, 2.05) is 0 Å². The van der Waals surface area contributed by atoms with Crippen LogP contribution in [0.2, 0.25) is 10.0 Å². The minimum Gasteiger partial charge on any atom is -0.872 e. The molecule has 6 rings (SSSR count). The number of aliphatic imine (C=N–C) groups is 2. The number of nitro benzene ring substituents is 4. The second-order valence-electron chi connectivity index (χ2n) is 12.0. The summed E-state index contributed by atoms with van der Waals surface area (Å²) >= 11 is 11.9. The molecule has 0 N–H and O–H groups in total. The van der Waals surface area contributed by atoms with Crippen LogP contribution in [0.5, 0.6) is 23.0 Å². The third kappa shape index (κ3) is 13.9. The summed E-state index contributed by atoms with van der Waals surface area (Å²) in [6.45, 7) is 0. The molecule has 0 atom stereocenters. The quantitative estimate of drug-likeness (QED) is 0.0452. The summed E-state index contributed by atoms with van der Waals surface area (Å²) in [6, 6.07) is 21.4. The van der Waals surface area contributed by atoms with Crippen LogP contribution in [0.1, 0.15) is 11.1 Å². The standard InChI is InChI=1S/2C19H12ClN5O6.Cr.Na/c2*20-15-8-13(24(28)29)2-4-16(15)23-22-12-1-5-18(26)11(7-12)10-21-17-9-14(25(30)31)3-6-19(17)27;;/h2*1-10,26-27H;;/q;;+3;+1/p-4. The van der Waals surface area contributed by atoms with Gasteiger partial charge in [-0.2, -0.15) is 10.2 Å². The van der Waals surface area contributed by atoms with Gasteiger partial charge in [0, 0.05) is 61.0 Å². The van der Waals surface area contributed by atoms with Gasteiger partial charge in [0.05, 0.1) is 52.5 Å². The second kappa shape index (κ2) is 23.3. The normalized spacial score (nSPS) is 10.9. The number of non-ortho nitro benzene ring substituents is 4. The molecule has 0 aliphatic carbocycles. The molecule has 64 heavy (non-hydrogen) atoms. The fourth-order valence-corrected chi connectivity index (χ4v) is 5.15. The number of hydrogen-bond donors (Lipinski definition) is 0. The molecule has 0 unspecified atom stereocenters. The Morgan fingerprint density at radius 3 is 1.05 bits per heavy atom. The van der Waals surface area contributed by atoms with Crippen molar-refractivity contribution in [2.24, 2.45) is 30.4 Å². The molecule has 0 aliphatic rings. The summed E-state index contributed by atoms with van der Waals surface area (Å²) in [4.78, 5) is 48.4. The molecule has 0 fully saturated rings. The van der Waals surface area contributed by atoms with E-state index in [1.54, 1.807) is 0 Å². The molecule has 0 heterocycles. The van der Waals surface area contributed by atoms with E-state index in [0.29, 0.717) is 0 Å². The smallest absolute Gasteiger partial charge is 0.872 e. The molecule has 0 amide bonds. The first kappa shape index (κ1) is 51.1. The van der Waals surface area contributed by atoms with E-state index in [0.717, 1.165) is 61.0 Å². The molecule has 0 spiro atoms. The van der Waals surface area contributed by atoms with E-state index >= 15 is 0 Å². The molecule has 6 aromatic carbocycles. The van der Waals surface area contributed by atoms with Crippen molar-refractivity contribution in [3.8, 4) is 23.0 Å². The maximum atomic E-state index is 12.0. The SMILES string of the molecule is O=[N+]([O-])c1ccc(N=Nc2ccc([O-])c(C=Nc3cc([N+](=O)[O-])ccc3[O-])c2)c(Cl)c1.O=[N+]([O-])c1ccc(N=Nc2ccc([O-])c(C=Nc3cc([N+](=O)[O-])ccc3[O-])c2)c(Cl)c1.[Cr+3].[Na+]. The van der Waals surface area contributed by atoms with Crippen LogP contribution < -0.4 is 50.0 Å². The maximum absolute atomic E-state index is 12.0. The average Bonchev–Trinajstić information content (AvgIpc) is 3.23. The van der Waals surface area contributed by atoms with Crippen LogP contribution in [0, 0.1) is 40.5 Å². The fraction of sp³-hybridized carbons (Fsp3) is 0. The molecule has 0 saturated heterocycles. The van der Waals surface area contributed by atoms with Crippen LogP contribution in [0.3, 0.4) is 0 Å². The number of hydrogen-bond acceptors (Lipinski definition) is 18. The van der Waals surface area contributed by atoms with E-state index in [4.69, 9.17) is 23.2 Å². The monoisotopic (exact) mass is 953 g/mol. The molecule has 22 nitrogen and oxygen atoms in total. The fourth-order valence-electron chi connectivity index (χ4n) is 4.72. The Morgan fingerprint density at radius 2 is 0.719 bits per heavy atom. The number of halogens is 2. The second-order valence-corrected chi connectivity index (χ2v) is 12.8. The van der Waals surface area contributed by atoms with Gasteiger partial charge in [0.2, 0.25) is 0 Å². The first-order valence-electron chi connectivity index (χ1n) is 16.8. The largest absolute Gasteiger partial charge is 3.00 e. The molecule has 0 aliphatic heterocycles. The predicted octanol–water partition coefficient (Wildman–Crippen LogP) is 5.94. The van der Waals surface area contributed by atoms with Crippen molar-refractivity contribution >= 4 is 92.5 Å². The molecule has 0 saturated carbocycles. The average molecular weight is 955 g/mol. The molecular formula is C38H20Cl2CrN10NaO12. The van der Waals surface area contributed by atoms with Crippen molar-refractivity contribution in [3.05, 3.63) is 171 Å². The first-order chi connectivity index (χ1) is 29.5. The molecule has 26 heteroatoms. The van der Waals surface area contributed by atoms with Crippen LogP contribution in [0.15, 0.2) is 140 Å². The van der Waals surface area contributed by atoms with Gasteiger partial charge in [0.25, 0.3) is 22.7 Å². The van der Waals surface area contributed by atoms with Crippen LogP contribution in [-0.4, -0.2) is 32.1 Å². The van der Waals surface area contributed by atoms with E-state index in [9.17, 15) is 60.9 Å². The van der Waals surface area contributed by atoms with Crippen LogP contribution in [0.25, 0.3) is 0 Å². The van der Waals surface area contributed by atoms with Crippen molar-refractivity contribution in [1.82, 2.24) is 0 Å². The number of benzene rings is 6. The summed E-state index contributed by atoms with van der Waals surface area (Å²) in [5.74, 6) is -1.93. The zero-order chi connectivity index (χ0) is 45.1. The Morgan fingerprint density at radius 1 is 0.406 bits per heavy atom. The van der Waals surface area contributed by atoms with Crippen molar-refractivity contribution < 1.29 is 87.0 Å². The topological polar surface area (TPSA) is 339 Å². The Labute approximate surface area is 401 Å². The minimum absolute atomic E-state index is 0. The zero-order valence-electron chi connectivity index (χ0n) is 32.1. The Bertz CT molecular complexity index is 2700. The summed E-state index contributed by atoms with van der Waals surface area (Å²) < 4.78 is 0. The Hall–Kier alpha value is -7.23. The molecule has 1 radical (unpaired) electrons. The Balaban J connectivity index is 0.000000330. The maximum Gasteiger partial charge on any atom is 3.00 e. The van der Waals surface area contributed by atoms with Gasteiger partial charge in [-0.25, -0.2) is 0 Å². The first-order valence-corrected chi connectivity index (χ1v) is 17.6. The third-order valence-electron chi connectivity index (χ3n) is 7.81. The van der Waals surface area contributed by atoms with Gasteiger partial charge < -0.3 is 20.4 Å². The van der Waals surface area contributed by atoms with Gasteiger partial charge in [0.1, 0.15) is 11.4 Å².